The predicted molar refractivity (Wildman–Crippen MR) is 191 cm³/mol. The van der Waals surface area contributed by atoms with Gasteiger partial charge in [-0.05, 0) is 61.3 Å². The molecule has 0 radical (unpaired) electrons. The summed E-state index contributed by atoms with van der Waals surface area (Å²) in [6, 6.07) is 48.3. The lowest BCUT2D eigenvalue weighted by molar-refractivity contribution is 0.668. The topological polar surface area (TPSA) is 64.7 Å². The summed E-state index contributed by atoms with van der Waals surface area (Å²) in [6.45, 7) is 0. The fourth-order valence-electron chi connectivity index (χ4n) is 6.95. The molecule has 5 heteroatoms. The predicted octanol–water partition coefficient (Wildman–Crippen LogP) is 10.8. The maximum atomic E-state index is 6.21. The van der Waals surface area contributed by atoms with Gasteiger partial charge in [0.1, 0.15) is 16.9 Å². The third-order valence-corrected chi connectivity index (χ3v) is 9.17. The van der Waals surface area contributed by atoms with Gasteiger partial charge in [0.05, 0.1) is 5.39 Å². The number of pyridine rings is 1. The first-order chi connectivity index (χ1) is 23.3. The van der Waals surface area contributed by atoms with Crippen LogP contribution < -0.4 is 0 Å². The molecule has 47 heavy (non-hydrogen) atoms. The summed E-state index contributed by atoms with van der Waals surface area (Å²) in [5, 5.41) is 11.3. The van der Waals surface area contributed by atoms with Gasteiger partial charge in [-0.25, -0.2) is 15.0 Å². The molecule has 218 valence electrons. The van der Waals surface area contributed by atoms with E-state index in [-0.39, 0.29) is 0 Å². The fraction of sp³-hybridized carbons (Fsp3) is 0. The number of fused-ring (bicyclic) bond motifs is 9. The monoisotopic (exact) mass is 600 g/mol. The van der Waals surface area contributed by atoms with Gasteiger partial charge in [-0.15, -0.1) is 0 Å². The number of aromatic nitrogens is 4. The number of hydrogen-bond donors (Lipinski definition) is 0. The van der Waals surface area contributed by atoms with Crippen molar-refractivity contribution in [3.05, 3.63) is 146 Å². The lowest BCUT2D eigenvalue weighted by Crippen LogP contribution is -2.02. The van der Waals surface area contributed by atoms with Crippen LogP contribution in [0.4, 0.5) is 0 Å². The molecule has 0 amide bonds. The zero-order chi connectivity index (χ0) is 30.9. The van der Waals surface area contributed by atoms with Crippen LogP contribution in [-0.2, 0) is 0 Å². The molecule has 5 nitrogen and oxygen atoms in total. The van der Waals surface area contributed by atoms with Crippen LogP contribution in [0, 0.1) is 0 Å². The molecule has 0 aliphatic heterocycles. The smallest absolute Gasteiger partial charge is 0.183 e. The Labute approximate surface area is 268 Å². The largest absolute Gasteiger partial charge is 0.456 e. The molecule has 0 spiro atoms. The summed E-state index contributed by atoms with van der Waals surface area (Å²) in [7, 11) is 0. The molecule has 0 atom stereocenters. The quantitative estimate of drug-likeness (QED) is 0.189. The average Bonchev–Trinajstić information content (AvgIpc) is 3.53. The minimum Gasteiger partial charge on any atom is -0.456 e. The molecule has 0 N–H and O–H groups in total. The Morgan fingerprint density at radius 2 is 1.06 bits per heavy atom. The van der Waals surface area contributed by atoms with Crippen molar-refractivity contribution in [3.8, 4) is 34.3 Å². The second-order valence-electron chi connectivity index (χ2n) is 11.8. The highest BCUT2D eigenvalue weighted by Crippen LogP contribution is 2.38. The Balaban J connectivity index is 1.26. The van der Waals surface area contributed by atoms with E-state index in [0.29, 0.717) is 23.2 Å². The molecule has 0 saturated carbocycles. The Kier molecular flexibility index (Phi) is 5.51. The third kappa shape index (κ3) is 4.03. The molecule has 0 bridgehead atoms. The Morgan fingerprint density at radius 3 is 2.00 bits per heavy atom. The number of para-hydroxylation sites is 1. The van der Waals surface area contributed by atoms with Gasteiger partial charge in [-0.1, -0.05) is 121 Å². The average molecular weight is 601 g/mol. The number of nitrogens with zero attached hydrogens (tertiary/aromatic N) is 4. The number of benzene rings is 7. The molecule has 0 fully saturated rings. The first-order valence-corrected chi connectivity index (χ1v) is 15.6. The van der Waals surface area contributed by atoms with E-state index in [9.17, 15) is 0 Å². The molecular weight excluding hydrogens is 576 g/mol. The van der Waals surface area contributed by atoms with Crippen LogP contribution in [0.3, 0.4) is 0 Å². The second-order valence-corrected chi connectivity index (χ2v) is 11.8. The lowest BCUT2D eigenvalue weighted by atomic mass is 9.95. The summed E-state index contributed by atoms with van der Waals surface area (Å²) in [5.41, 5.74) is 4.06. The Bertz CT molecular complexity index is 2870. The van der Waals surface area contributed by atoms with E-state index in [1.165, 1.54) is 21.5 Å². The maximum Gasteiger partial charge on any atom is 0.183 e. The molecule has 0 unspecified atom stereocenters. The number of furan rings is 1. The van der Waals surface area contributed by atoms with Crippen LogP contribution in [0.2, 0.25) is 0 Å². The van der Waals surface area contributed by atoms with Crippen molar-refractivity contribution in [2.75, 3.05) is 0 Å². The van der Waals surface area contributed by atoms with Crippen LogP contribution in [0.15, 0.2) is 150 Å². The van der Waals surface area contributed by atoms with E-state index < -0.39 is 0 Å². The Hall–Kier alpha value is -6.46. The summed E-state index contributed by atoms with van der Waals surface area (Å²) >= 11 is 0. The molecule has 0 aliphatic rings. The van der Waals surface area contributed by atoms with Crippen molar-refractivity contribution in [2.24, 2.45) is 0 Å². The molecule has 10 aromatic rings. The van der Waals surface area contributed by atoms with Crippen LogP contribution >= 0.6 is 0 Å². The van der Waals surface area contributed by atoms with Crippen LogP contribution in [0.5, 0.6) is 0 Å². The lowest BCUT2D eigenvalue weighted by Gasteiger charge is -2.12. The standard InChI is InChI=1S/C42H24N4O/c1-2-10-27-24-28(17-16-25(27)8-1)40-44-41(46-42(45-40)39-38-35-12-5-6-15-36(35)47-37(38)22-23-43-39)34-14-7-13-30-32-19-18-26-9-3-4-11-29(26)31(32)20-21-33(30)34/h1-24H. The second kappa shape index (κ2) is 10.0. The van der Waals surface area contributed by atoms with Gasteiger partial charge in [-0.2, -0.15) is 0 Å². The first-order valence-electron chi connectivity index (χ1n) is 15.6. The number of rotatable bonds is 3. The minimum absolute atomic E-state index is 0.499. The van der Waals surface area contributed by atoms with Gasteiger partial charge in [0.15, 0.2) is 17.5 Å². The summed E-state index contributed by atoms with van der Waals surface area (Å²) in [6.07, 6.45) is 1.76. The number of hydrogen-bond acceptors (Lipinski definition) is 5. The van der Waals surface area contributed by atoms with E-state index in [1.54, 1.807) is 6.20 Å². The molecule has 3 heterocycles. The zero-order valence-corrected chi connectivity index (χ0v) is 25.1. The van der Waals surface area contributed by atoms with Crippen molar-refractivity contribution in [3.63, 3.8) is 0 Å². The van der Waals surface area contributed by atoms with E-state index in [4.69, 9.17) is 24.4 Å². The SMILES string of the molecule is c1ccc2cc(-c3nc(-c4cccc5c4ccc4c6ccccc6ccc54)nc(-c4nccc5oc6ccccc6c45)n3)ccc2c1. The van der Waals surface area contributed by atoms with Gasteiger partial charge < -0.3 is 4.42 Å². The molecule has 10 rings (SSSR count). The van der Waals surface area contributed by atoms with Gasteiger partial charge in [0, 0.05) is 22.7 Å². The van der Waals surface area contributed by atoms with Gasteiger partial charge in [-0.3, -0.25) is 4.98 Å². The van der Waals surface area contributed by atoms with E-state index in [0.717, 1.165) is 54.6 Å². The van der Waals surface area contributed by atoms with Crippen molar-refractivity contribution < 1.29 is 4.42 Å². The highest BCUT2D eigenvalue weighted by atomic mass is 16.3. The van der Waals surface area contributed by atoms with E-state index in [1.807, 2.05) is 24.3 Å². The highest BCUT2D eigenvalue weighted by molar-refractivity contribution is 6.19. The van der Waals surface area contributed by atoms with Crippen LogP contribution in [-0.4, -0.2) is 19.9 Å². The molecule has 0 saturated heterocycles. The van der Waals surface area contributed by atoms with Crippen LogP contribution in [0.1, 0.15) is 0 Å². The minimum atomic E-state index is 0.499. The first kappa shape index (κ1) is 25.8. The Morgan fingerprint density at radius 1 is 0.404 bits per heavy atom. The van der Waals surface area contributed by atoms with Crippen molar-refractivity contribution in [1.29, 1.82) is 0 Å². The summed E-state index contributed by atoms with van der Waals surface area (Å²) in [5.74, 6) is 1.68. The van der Waals surface area contributed by atoms with Crippen LogP contribution in [0.25, 0.3) is 99.3 Å². The van der Waals surface area contributed by atoms with Gasteiger partial charge in [0.25, 0.3) is 0 Å². The fourth-order valence-corrected chi connectivity index (χ4v) is 6.95. The summed E-state index contributed by atoms with van der Waals surface area (Å²) in [4.78, 5) is 20.2. The normalized spacial score (nSPS) is 11.8. The van der Waals surface area contributed by atoms with Crippen molar-refractivity contribution in [2.45, 2.75) is 0 Å². The zero-order valence-electron chi connectivity index (χ0n) is 25.1. The summed E-state index contributed by atoms with van der Waals surface area (Å²) < 4.78 is 6.21. The maximum absolute atomic E-state index is 6.21. The van der Waals surface area contributed by atoms with E-state index in [2.05, 4.69) is 115 Å². The van der Waals surface area contributed by atoms with Gasteiger partial charge in [0.2, 0.25) is 0 Å². The van der Waals surface area contributed by atoms with E-state index >= 15 is 0 Å². The van der Waals surface area contributed by atoms with Gasteiger partial charge >= 0.3 is 0 Å². The molecule has 3 aromatic heterocycles. The third-order valence-electron chi connectivity index (χ3n) is 9.17. The van der Waals surface area contributed by atoms with Crippen molar-refractivity contribution >= 4 is 65.0 Å². The molecular formula is C42H24N4O. The molecule has 7 aromatic carbocycles. The highest BCUT2D eigenvalue weighted by Gasteiger charge is 2.20. The van der Waals surface area contributed by atoms with Crippen molar-refractivity contribution in [1.82, 2.24) is 19.9 Å². The molecule has 0 aliphatic carbocycles.